The smallest absolute Gasteiger partial charge is 0.122 e. The molecule has 1 saturated heterocycles. The molecule has 1 aliphatic rings. The van der Waals surface area contributed by atoms with E-state index in [1.54, 1.807) is 0 Å². The lowest BCUT2D eigenvalue weighted by molar-refractivity contribution is 0.112. The Morgan fingerprint density at radius 2 is 2.32 bits per heavy atom. The third kappa shape index (κ3) is 3.16. The molecule has 2 unspecified atom stereocenters. The normalized spacial score (nSPS) is 24.6. The molecule has 1 aromatic rings. The molecule has 4 nitrogen and oxygen atoms in total. The fourth-order valence-corrected chi connectivity index (χ4v) is 3.10. The summed E-state index contributed by atoms with van der Waals surface area (Å²) in [5.41, 5.74) is 0. The lowest BCUT2D eigenvalue weighted by Crippen LogP contribution is -2.41. The largest absolute Gasteiger partial charge is 0.334 e. The van der Waals surface area contributed by atoms with Crippen LogP contribution in [0.3, 0.4) is 0 Å². The molecule has 0 N–H and O–H groups in total. The Hall–Kier alpha value is -1.34. The third-order valence-corrected chi connectivity index (χ3v) is 4.28. The maximum atomic E-state index is 9.36. The number of rotatable bonds is 4. The lowest BCUT2D eigenvalue weighted by Gasteiger charge is -2.37. The molecule has 104 valence electrons. The molecule has 1 fully saturated rings. The van der Waals surface area contributed by atoms with Gasteiger partial charge in [0, 0.05) is 25.5 Å². The first-order valence-corrected chi connectivity index (χ1v) is 7.27. The van der Waals surface area contributed by atoms with Crippen LogP contribution in [0.4, 0.5) is 0 Å². The van der Waals surface area contributed by atoms with Crippen LogP contribution in [0.5, 0.6) is 0 Å². The van der Waals surface area contributed by atoms with E-state index < -0.39 is 0 Å². The zero-order valence-corrected chi connectivity index (χ0v) is 12.2. The second-order valence-electron chi connectivity index (χ2n) is 5.80. The van der Waals surface area contributed by atoms with Gasteiger partial charge in [0.15, 0.2) is 0 Å². The van der Waals surface area contributed by atoms with Crippen molar-refractivity contribution < 1.29 is 0 Å². The van der Waals surface area contributed by atoms with Crippen molar-refractivity contribution >= 4 is 0 Å². The quantitative estimate of drug-likeness (QED) is 0.835. The van der Waals surface area contributed by atoms with Crippen LogP contribution in [0.2, 0.25) is 0 Å². The van der Waals surface area contributed by atoms with E-state index in [9.17, 15) is 5.26 Å². The van der Waals surface area contributed by atoms with Gasteiger partial charge in [-0.1, -0.05) is 13.8 Å². The van der Waals surface area contributed by atoms with Gasteiger partial charge in [0.1, 0.15) is 5.82 Å². The van der Waals surface area contributed by atoms with Crippen LogP contribution < -0.4 is 0 Å². The number of piperidine rings is 1. The number of aromatic nitrogens is 2. The molecule has 1 aliphatic heterocycles. The van der Waals surface area contributed by atoms with E-state index in [-0.39, 0.29) is 5.92 Å². The van der Waals surface area contributed by atoms with Gasteiger partial charge in [-0.25, -0.2) is 4.98 Å². The van der Waals surface area contributed by atoms with Gasteiger partial charge in [0.25, 0.3) is 0 Å². The maximum Gasteiger partial charge on any atom is 0.122 e. The minimum atomic E-state index is 0.166. The van der Waals surface area contributed by atoms with Crippen molar-refractivity contribution in [2.75, 3.05) is 13.1 Å². The van der Waals surface area contributed by atoms with Crippen molar-refractivity contribution in [2.24, 2.45) is 17.8 Å². The fraction of sp³-hybridized carbons (Fsp3) is 0.733. The van der Waals surface area contributed by atoms with Gasteiger partial charge in [0.2, 0.25) is 0 Å². The van der Waals surface area contributed by atoms with Crippen LogP contribution in [-0.2, 0) is 13.1 Å². The standard InChI is InChI=1S/C15H24N4/c1-4-19-8-6-17-15(19)11-18-7-5-14(12(2)3)13(9-16)10-18/h6,8,12-14H,4-5,7,10-11H2,1-3H3. The van der Waals surface area contributed by atoms with E-state index >= 15 is 0 Å². The molecule has 4 heteroatoms. The topological polar surface area (TPSA) is 44.9 Å². The Morgan fingerprint density at radius 1 is 1.53 bits per heavy atom. The summed E-state index contributed by atoms with van der Waals surface area (Å²) in [6.45, 7) is 10.4. The molecule has 0 aliphatic carbocycles. The molecule has 0 amide bonds. The SMILES string of the molecule is CCn1ccnc1CN1CCC(C(C)C)C(C#N)C1. The second kappa shape index (κ2) is 6.21. The highest BCUT2D eigenvalue weighted by Crippen LogP contribution is 2.30. The van der Waals surface area contributed by atoms with Crippen LogP contribution in [0.25, 0.3) is 0 Å². The van der Waals surface area contributed by atoms with Crippen molar-refractivity contribution in [3.8, 4) is 6.07 Å². The second-order valence-corrected chi connectivity index (χ2v) is 5.80. The van der Waals surface area contributed by atoms with Crippen molar-refractivity contribution in [1.82, 2.24) is 14.5 Å². The first kappa shape index (κ1) is 14.1. The molecular weight excluding hydrogens is 236 g/mol. The third-order valence-electron chi connectivity index (χ3n) is 4.28. The molecule has 0 bridgehead atoms. The molecule has 0 aromatic carbocycles. The monoisotopic (exact) mass is 260 g/mol. The number of imidazole rings is 1. The zero-order chi connectivity index (χ0) is 13.8. The van der Waals surface area contributed by atoms with Crippen LogP contribution in [0.15, 0.2) is 12.4 Å². The summed E-state index contributed by atoms with van der Waals surface area (Å²) in [6, 6.07) is 2.50. The van der Waals surface area contributed by atoms with Gasteiger partial charge in [-0.3, -0.25) is 4.90 Å². The highest BCUT2D eigenvalue weighted by molar-refractivity contribution is 4.98. The van der Waals surface area contributed by atoms with Gasteiger partial charge in [-0.15, -0.1) is 0 Å². The van der Waals surface area contributed by atoms with Crippen molar-refractivity contribution in [3.05, 3.63) is 18.2 Å². The zero-order valence-electron chi connectivity index (χ0n) is 12.2. The van der Waals surface area contributed by atoms with E-state index in [2.05, 4.69) is 41.3 Å². The number of likely N-dealkylation sites (tertiary alicyclic amines) is 1. The van der Waals surface area contributed by atoms with Crippen molar-refractivity contribution in [3.63, 3.8) is 0 Å². The fourth-order valence-electron chi connectivity index (χ4n) is 3.10. The molecule has 2 rings (SSSR count). The number of nitriles is 1. The summed E-state index contributed by atoms with van der Waals surface area (Å²) in [5.74, 6) is 2.43. The van der Waals surface area contributed by atoms with E-state index in [1.165, 1.54) is 0 Å². The van der Waals surface area contributed by atoms with E-state index in [0.717, 1.165) is 38.4 Å². The first-order chi connectivity index (χ1) is 9.15. The predicted octanol–water partition coefficient (Wildman–Crippen LogP) is 2.52. The van der Waals surface area contributed by atoms with Crippen molar-refractivity contribution in [2.45, 2.75) is 40.3 Å². The van der Waals surface area contributed by atoms with Crippen LogP contribution in [0, 0.1) is 29.1 Å². The minimum absolute atomic E-state index is 0.166. The maximum absolute atomic E-state index is 9.36. The van der Waals surface area contributed by atoms with E-state index in [1.807, 2.05) is 12.4 Å². The first-order valence-electron chi connectivity index (χ1n) is 7.27. The summed E-state index contributed by atoms with van der Waals surface area (Å²) in [7, 11) is 0. The van der Waals surface area contributed by atoms with Gasteiger partial charge in [-0.2, -0.15) is 5.26 Å². The molecule has 1 aromatic heterocycles. The van der Waals surface area contributed by atoms with Gasteiger partial charge < -0.3 is 4.57 Å². The summed E-state index contributed by atoms with van der Waals surface area (Å²) < 4.78 is 2.18. The van der Waals surface area contributed by atoms with Crippen LogP contribution >= 0.6 is 0 Å². The molecule has 2 heterocycles. The number of hydrogen-bond donors (Lipinski definition) is 0. The summed E-state index contributed by atoms with van der Waals surface area (Å²) in [5, 5.41) is 9.36. The highest BCUT2D eigenvalue weighted by atomic mass is 15.2. The summed E-state index contributed by atoms with van der Waals surface area (Å²) >= 11 is 0. The average Bonchev–Trinajstić information content (AvgIpc) is 2.85. The Bertz CT molecular complexity index is 443. The lowest BCUT2D eigenvalue weighted by atomic mass is 9.79. The Labute approximate surface area is 116 Å². The van der Waals surface area contributed by atoms with Gasteiger partial charge in [-0.05, 0) is 31.7 Å². The number of nitrogens with zero attached hydrogens (tertiary/aromatic N) is 4. The van der Waals surface area contributed by atoms with E-state index in [0.29, 0.717) is 11.8 Å². The summed E-state index contributed by atoms with van der Waals surface area (Å²) in [6.07, 6.45) is 5.02. The minimum Gasteiger partial charge on any atom is -0.334 e. The Balaban J connectivity index is 1.99. The van der Waals surface area contributed by atoms with Gasteiger partial charge in [0.05, 0.1) is 18.5 Å². The van der Waals surface area contributed by atoms with E-state index in [4.69, 9.17) is 0 Å². The summed E-state index contributed by atoms with van der Waals surface area (Å²) in [4.78, 5) is 6.80. The molecule has 2 atom stereocenters. The highest BCUT2D eigenvalue weighted by Gasteiger charge is 2.31. The molecule has 19 heavy (non-hydrogen) atoms. The molecule has 0 saturated carbocycles. The van der Waals surface area contributed by atoms with Crippen LogP contribution in [-0.4, -0.2) is 27.5 Å². The number of aryl methyl sites for hydroxylation is 1. The molecular formula is C15H24N4. The number of hydrogen-bond acceptors (Lipinski definition) is 3. The average molecular weight is 260 g/mol. The Morgan fingerprint density at radius 3 is 2.95 bits per heavy atom. The molecule has 0 radical (unpaired) electrons. The predicted molar refractivity (Wildman–Crippen MR) is 75.2 cm³/mol. The van der Waals surface area contributed by atoms with Crippen LogP contribution in [0.1, 0.15) is 33.0 Å². The van der Waals surface area contributed by atoms with Gasteiger partial charge >= 0.3 is 0 Å². The molecule has 0 spiro atoms. The Kier molecular flexibility index (Phi) is 4.60. The van der Waals surface area contributed by atoms with Crippen molar-refractivity contribution in [1.29, 1.82) is 5.26 Å².